The Labute approximate surface area is 141 Å². The van der Waals surface area contributed by atoms with Gasteiger partial charge in [-0.1, -0.05) is 0 Å². The number of esters is 1. The van der Waals surface area contributed by atoms with Crippen molar-refractivity contribution in [2.75, 3.05) is 7.11 Å². The van der Waals surface area contributed by atoms with Crippen LogP contribution in [-0.4, -0.2) is 27.0 Å². The van der Waals surface area contributed by atoms with Gasteiger partial charge in [0.25, 0.3) is 0 Å². The minimum absolute atomic E-state index is 0.0227. The van der Waals surface area contributed by atoms with E-state index < -0.39 is 27.4 Å². The number of nitriles is 1. The molecule has 0 heterocycles. The van der Waals surface area contributed by atoms with E-state index in [-0.39, 0.29) is 35.1 Å². The number of hydrogen-bond donors (Lipinski definition) is 0. The van der Waals surface area contributed by atoms with Gasteiger partial charge in [-0.25, -0.2) is 4.79 Å². The first-order valence-corrected chi connectivity index (χ1v) is 8.38. The van der Waals surface area contributed by atoms with E-state index in [4.69, 9.17) is 0 Å². The van der Waals surface area contributed by atoms with Crippen LogP contribution in [0.25, 0.3) is 5.76 Å². The maximum atomic E-state index is 12.6. The summed E-state index contributed by atoms with van der Waals surface area (Å²) in [6.07, 6.45) is 2.16. The molecule has 0 aromatic heterocycles. The number of ether oxygens (including phenoxy) is 1. The smallest absolute Gasteiger partial charge is 0.465 e. The van der Waals surface area contributed by atoms with Crippen molar-refractivity contribution >= 4 is 21.8 Å². The summed E-state index contributed by atoms with van der Waals surface area (Å²) in [6, 6.07) is 4.25. The number of hydrogen-bond acceptors (Lipinski definition) is 6. The molecule has 134 valence electrons. The zero-order valence-corrected chi connectivity index (χ0v) is 13.7. The highest BCUT2D eigenvalue weighted by Gasteiger charge is 2.49. The monoisotopic (exact) mass is 375 g/mol. The summed E-state index contributed by atoms with van der Waals surface area (Å²) in [7, 11) is -4.73. The molecule has 0 spiro atoms. The lowest BCUT2D eigenvalue weighted by Gasteiger charge is -2.16. The van der Waals surface area contributed by atoms with Gasteiger partial charge in [-0.05, 0) is 43.0 Å². The van der Waals surface area contributed by atoms with E-state index in [0.29, 0.717) is 6.42 Å². The Kier molecular flexibility index (Phi) is 5.08. The Hall–Kier alpha value is -2.54. The molecule has 2 rings (SSSR count). The first-order chi connectivity index (χ1) is 11.6. The summed E-state index contributed by atoms with van der Waals surface area (Å²) in [5.41, 5.74) is -5.44. The van der Waals surface area contributed by atoms with Gasteiger partial charge in [-0.2, -0.15) is 26.9 Å². The molecule has 0 atom stereocenters. The van der Waals surface area contributed by atoms with Gasteiger partial charge < -0.3 is 8.92 Å². The van der Waals surface area contributed by atoms with Gasteiger partial charge in [0, 0.05) is 5.56 Å². The molecule has 1 aromatic rings. The molecule has 1 aliphatic rings. The molecule has 0 aliphatic heterocycles. The van der Waals surface area contributed by atoms with Crippen LogP contribution in [0, 0.1) is 11.3 Å². The highest BCUT2D eigenvalue weighted by molar-refractivity contribution is 7.87. The Balaban J connectivity index is 2.59. The third kappa shape index (κ3) is 3.61. The van der Waals surface area contributed by atoms with E-state index in [1.807, 2.05) is 6.07 Å². The Morgan fingerprint density at radius 1 is 1.32 bits per heavy atom. The van der Waals surface area contributed by atoms with Gasteiger partial charge in [0.2, 0.25) is 0 Å². The van der Waals surface area contributed by atoms with Gasteiger partial charge in [0.15, 0.2) is 0 Å². The molecular formula is C15H12F3NO5S. The minimum atomic E-state index is -5.85. The maximum absolute atomic E-state index is 12.6. The second-order valence-corrected chi connectivity index (χ2v) is 6.60. The number of nitrogens with zero attached hydrogens (tertiary/aromatic N) is 1. The number of fused-ring (bicyclic) bond motifs is 1. The molecule has 1 aromatic carbocycles. The maximum Gasteiger partial charge on any atom is 0.534 e. The molecule has 10 heteroatoms. The van der Waals surface area contributed by atoms with Crippen LogP contribution in [-0.2, 0) is 25.5 Å². The van der Waals surface area contributed by atoms with Crippen LogP contribution < -0.4 is 0 Å². The van der Waals surface area contributed by atoms with Crippen LogP contribution in [0.15, 0.2) is 18.2 Å². The molecule has 0 saturated carbocycles. The highest BCUT2D eigenvalue weighted by Crippen LogP contribution is 2.35. The lowest BCUT2D eigenvalue weighted by atomic mass is 9.93. The minimum Gasteiger partial charge on any atom is -0.465 e. The van der Waals surface area contributed by atoms with Crippen molar-refractivity contribution in [3.8, 4) is 6.07 Å². The van der Waals surface area contributed by atoms with Gasteiger partial charge >= 0.3 is 21.6 Å². The van der Waals surface area contributed by atoms with E-state index in [1.165, 1.54) is 18.2 Å². The average molecular weight is 375 g/mol. The van der Waals surface area contributed by atoms with Crippen molar-refractivity contribution in [2.24, 2.45) is 0 Å². The molecular weight excluding hydrogens is 363 g/mol. The van der Waals surface area contributed by atoms with Gasteiger partial charge in [0.1, 0.15) is 11.8 Å². The number of rotatable bonds is 3. The Morgan fingerprint density at radius 3 is 2.56 bits per heavy atom. The molecule has 0 N–H and O–H groups in total. The first-order valence-electron chi connectivity index (χ1n) is 6.98. The van der Waals surface area contributed by atoms with Crippen LogP contribution in [0.3, 0.4) is 0 Å². The normalized spacial score (nSPS) is 14.6. The summed E-state index contributed by atoms with van der Waals surface area (Å²) in [5.74, 6) is -1.30. The number of benzene rings is 1. The number of alkyl halides is 3. The molecule has 25 heavy (non-hydrogen) atoms. The van der Waals surface area contributed by atoms with Crippen LogP contribution in [0.4, 0.5) is 13.2 Å². The Morgan fingerprint density at radius 2 is 2.00 bits per heavy atom. The van der Waals surface area contributed by atoms with E-state index in [0.717, 1.165) is 7.11 Å². The fraction of sp³-hybridized carbons (Fsp3) is 0.333. The zero-order chi connectivity index (χ0) is 18.8. The number of carbonyl (C=O) groups excluding carboxylic acids is 1. The lowest BCUT2D eigenvalue weighted by molar-refractivity contribution is -0.0509. The second kappa shape index (κ2) is 6.76. The molecule has 0 fully saturated rings. The zero-order valence-electron chi connectivity index (χ0n) is 12.9. The number of halogens is 3. The average Bonchev–Trinajstić information content (AvgIpc) is 2.74. The standard InChI is InChI=1S/C15H12F3NO5S/c1-23-14(20)11-7-6-10-9(12(11)8-19)4-2-3-5-13(10)24-25(21,22)15(16,17)18/h5-7H,2-4H2,1H3. The van der Waals surface area contributed by atoms with Crippen LogP contribution >= 0.6 is 0 Å². The molecule has 0 bridgehead atoms. The Bertz CT molecular complexity index is 882. The molecule has 0 amide bonds. The fourth-order valence-electron chi connectivity index (χ4n) is 2.41. The second-order valence-electron chi connectivity index (χ2n) is 5.06. The summed E-state index contributed by atoms with van der Waals surface area (Å²) in [6.45, 7) is 0. The third-order valence-corrected chi connectivity index (χ3v) is 4.50. The van der Waals surface area contributed by atoms with E-state index in [2.05, 4.69) is 8.92 Å². The molecule has 1 aliphatic carbocycles. The predicted octanol–water partition coefficient (Wildman–Crippen LogP) is 2.89. The number of carbonyl (C=O) groups is 1. The largest absolute Gasteiger partial charge is 0.534 e. The van der Waals surface area contributed by atoms with Crippen molar-refractivity contribution in [1.29, 1.82) is 5.26 Å². The predicted molar refractivity (Wildman–Crippen MR) is 79.5 cm³/mol. The van der Waals surface area contributed by atoms with Crippen LogP contribution in [0.5, 0.6) is 0 Å². The first kappa shape index (κ1) is 18.8. The van der Waals surface area contributed by atoms with Crippen LogP contribution in [0.1, 0.15) is 39.9 Å². The quantitative estimate of drug-likeness (QED) is 0.458. The van der Waals surface area contributed by atoms with Crippen LogP contribution in [0.2, 0.25) is 0 Å². The lowest BCUT2D eigenvalue weighted by Crippen LogP contribution is -2.25. The van der Waals surface area contributed by atoms with E-state index >= 15 is 0 Å². The van der Waals surface area contributed by atoms with E-state index in [1.54, 1.807) is 0 Å². The van der Waals surface area contributed by atoms with Crippen molar-refractivity contribution in [3.63, 3.8) is 0 Å². The van der Waals surface area contributed by atoms with Gasteiger partial charge in [-0.3, -0.25) is 0 Å². The molecule has 0 radical (unpaired) electrons. The number of allylic oxidation sites excluding steroid dienone is 1. The topological polar surface area (TPSA) is 93.5 Å². The van der Waals surface area contributed by atoms with Gasteiger partial charge in [-0.15, -0.1) is 0 Å². The third-order valence-electron chi connectivity index (χ3n) is 3.54. The van der Waals surface area contributed by atoms with Crippen molar-refractivity contribution in [2.45, 2.75) is 24.8 Å². The van der Waals surface area contributed by atoms with Gasteiger partial charge in [0.05, 0.1) is 18.2 Å². The fourth-order valence-corrected chi connectivity index (χ4v) is 2.90. The molecule has 6 nitrogen and oxygen atoms in total. The van der Waals surface area contributed by atoms with E-state index in [9.17, 15) is 31.6 Å². The highest BCUT2D eigenvalue weighted by atomic mass is 32.2. The summed E-state index contributed by atoms with van der Waals surface area (Å²) >= 11 is 0. The molecule has 0 saturated heterocycles. The number of methoxy groups -OCH3 is 1. The summed E-state index contributed by atoms with van der Waals surface area (Å²) in [5, 5.41) is 9.34. The molecule has 0 unspecified atom stereocenters. The SMILES string of the molecule is COC(=O)c1ccc2c(c1C#N)CCCC=C2OS(=O)(=O)C(F)(F)F. The van der Waals surface area contributed by atoms with Crippen molar-refractivity contribution in [1.82, 2.24) is 0 Å². The van der Waals surface area contributed by atoms with Crippen molar-refractivity contribution < 1.29 is 35.3 Å². The summed E-state index contributed by atoms with van der Waals surface area (Å²) in [4.78, 5) is 11.7. The summed E-state index contributed by atoms with van der Waals surface area (Å²) < 4.78 is 69.1. The van der Waals surface area contributed by atoms with Crippen molar-refractivity contribution in [3.05, 3.63) is 40.5 Å².